The maximum absolute atomic E-state index is 10.8. The van der Waals surface area contributed by atoms with Crippen LogP contribution in [-0.4, -0.2) is 19.0 Å². The third kappa shape index (κ3) is 2.25. The molecule has 1 fully saturated rings. The molecule has 0 amide bonds. The quantitative estimate of drug-likeness (QED) is 0.694. The number of carbonyl (C=O) groups is 1. The van der Waals surface area contributed by atoms with E-state index in [9.17, 15) is 4.79 Å². The van der Waals surface area contributed by atoms with Gasteiger partial charge in [-0.15, -0.1) is 0 Å². The standard InChI is InChI=1S/C12H14O3/c1-9-8-14-12(15-11(9)7-13)10-5-3-2-4-6-10/h2-7,9,11-12H,8H2,1H3/t9-,11+,12-/m1/s1. The Morgan fingerprint density at radius 1 is 1.33 bits per heavy atom. The van der Waals surface area contributed by atoms with E-state index in [4.69, 9.17) is 9.47 Å². The fourth-order valence-corrected chi connectivity index (χ4v) is 1.60. The van der Waals surface area contributed by atoms with Gasteiger partial charge in [0.2, 0.25) is 0 Å². The van der Waals surface area contributed by atoms with Gasteiger partial charge < -0.3 is 14.3 Å². The summed E-state index contributed by atoms with van der Waals surface area (Å²) < 4.78 is 11.1. The number of hydrogen-bond acceptors (Lipinski definition) is 3. The maximum Gasteiger partial charge on any atom is 0.184 e. The highest BCUT2D eigenvalue weighted by Gasteiger charge is 2.29. The average molecular weight is 206 g/mol. The number of carbonyl (C=O) groups excluding carboxylic acids is 1. The Morgan fingerprint density at radius 2 is 2.07 bits per heavy atom. The number of ether oxygens (including phenoxy) is 2. The van der Waals surface area contributed by atoms with Crippen LogP contribution in [0.2, 0.25) is 0 Å². The van der Waals surface area contributed by atoms with E-state index in [-0.39, 0.29) is 12.0 Å². The molecule has 1 aliphatic rings. The summed E-state index contributed by atoms with van der Waals surface area (Å²) >= 11 is 0. The summed E-state index contributed by atoms with van der Waals surface area (Å²) in [5, 5.41) is 0. The molecule has 1 saturated heterocycles. The Bertz CT molecular complexity index is 323. The van der Waals surface area contributed by atoms with Gasteiger partial charge in [-0.3, -0.25) is 0 Å². The van der Waals surface area contributed by atoms with Gasteiger partial charge in [0.15, 0.2) is 6.29 Å². The summed E-state index contributed by atoms with van der Waals surface area (Å²) in [7, 11) is 0. The van der Waals surface area contributed by atoms with Crippen LogP contribution in [-0.2, 0) is 14.3 Å². The Balaban J connectivity index is 2.09. The Hall–Kier alpha value is -1.19. The zero-order chi connectivity index (χ0) is 10.7. The van der Waals surface area contributed by atoms with E-state index in [0.717, 1.165) is 11.8 Å². The minimum absolute atomic E-state index is 0.127. The van der Waals surface area contributed by atoms with Crippen molar-refractivity contribution in [1.82, 2.24) is 0 Å². The van der Waals surface area contributed by atoms with E-state index in [0.29, 0.717) is 6.61 Å². The smallest absolute Gasteiger partial charge is 0.184 e. The molecule has 1 aromatic carbocycles. The lowest BCUT2D eigenvalue weighted by Gasteiger charge is -2.32. The highest BCUT2D eigenvalue weighted by molar-refractivity contribution is 5.56. The number of hydrogen-bond donors (Lipinski definition) is 0. The van der Waals surface area contributed by atoms with Crippen LogP contribution >= 0.6 is 0 Å². The first-order valence-corrected chi connectivity index (χ1v) is 5.08. The van der Waals surface area contributed by atoms with Crippen LogP contribution in [0.25, 0.3) is 0 Å². The van der Waals surface area contributed by atoms with Crippen LogP contribution in [0.3, 0.4) is 0 Å². The molecule has 3 nitrogen and oxygen atoms in total. The zero-order valence-corrected chi connectivity index (χ0v) is 8.63. The summed E-state index contributed by atoms with van der Waals surface area (Å²) in [6, 6.07) is 9.66. The summed E-state index contributed by atoms with van der Waals surface area (Å²) in [6.45, 7) is 2.50. The summed E-state index contributed by atoms with van der Waals surface area (Å²) in [4.78, 5) is 10.8. The highest BCUT2D eigenvalue weighted by atomic mass is 16.7. The van der Waals surface area contributed by atoms with Crippen molar-refractivity contribution in [3.05, 3.63) is 35.9 Å². The van der Waals surface area contributed by atoms with Gasteiger partial charge in [0.1, 0.15) is 12.4 Å². The van der Waals surface area contributed by atoms with E-state index in [1.807, 2.05) is 37.3 Å². The molecular weight excluding hydrogens is 192 g/mol. The van der Waals surface area contributed by atoms with Crippen LogP contribution < -0.4 is 0 Å². The van der Waals surface area contributed by atoms with Gasteiger partial charge >= 0.3 is 0 Å². The molecule has 0 N–H and O–H groups in total. The van der Waals surface area contributed by atoms with E-state index < -0.39 is 6.29 Å². The van der Waals surface area contributed by atoms with Crippen LogP contribution in [0, 0.1) is 5.92 Å². The molecule has 0 unspecified atom stereocenters. The third-order valence-corrected chi connectivity index (χ3v) is 2.56. The number of aldehydes is 1. The molecular formula is C12H14O3. The van der Waals surface area contributed by atoms with E-state index in [1.54, 1.807) is 0 Å². The van der Waals surface area contributed by atoms with Crippen molar-refractivity contribution in [2.45, 2.75) is 19.3 Å². The molecule has 15 heavy (non-hydrogen) atoms. The van der Waals surface area contributed by atoms with E-state index in [1.165, 1.54) is 0 Å². The largest absolute Gasteiger partial charge is 0.348 e. The second kappa shape index (κ2) is 4.55. The van der Waals surface area contributed by atoms with Crippen LogP contribution in [0.4, 0.5) is 0 Å². The summed E-state index contributed by atoms with van der Waals surface area (Å²) in [5.74, 6) is 0.127. The predicted octanol–water partition coefficient (Wildman–Crippen LogP) is 1.94. The fraction of sp³-hybridized carbons (Fsp3) is 0.417. The molecule has 2 rings (SSSR count). The molecule has 0 aliphatic carbocycles. The molecule has 0 aromatic heterocycles. The Morgan fingerprint density at radius 3 is 2.73 bits per heavy atom. The molecule has 0 radical (unpaired) electrons. The van der Waals surface area contributed by atoms with Gasteiger partial charge in [-0.2, -0.15) is 0 Å². The third-order valence-electron chi connectivity index (χ3n) is 2.56. The van der Waals surface area contributed by atoms with Crippen molar-refractivity contribution in [1.29, 1.82) is 0 Å². The molecule has 3 heteroatoms. The van der Waals surface area contributed by atoms with Crippen molar-refractivity contribution in [2.24, 2.45) is 5.92 Å². The minimum atomic E-state index is -0.405. The normalized spacial score (nSPS) is 31.1. The second-order valence-corrected chi connectivity index (χ2v) is 3.79. The van der Waals surface area contributed by atoms with Crippen molar-refractivity contribution < 1.29 is 14.3 Å². The van der Waals surface area contributed by atoms with E-state index >= 15 is 0 Å². The van der Waals surface area contributed by atoms with Gasteiger partial charge in [0.25, 0.3) is 0 Å². The van der Waals surface area contributed by atoms with Crippen LogP contribution in [0.1, 0.15) is 18.8 Å². The Kier molecular flexibility index (Phi) is 3.14. The maximum atomic E-state index is 10.8. The van der Waals surface area contributed by atoms with Gasteiger partial charge in [-0.25, -0.2) is 0 Å². The molecule has 0 bridgehead atoms. The molecule has 80 valence electrons. The monoisotopic (exact) mass is 206 g/mol. The van der Waals surface area contributed by atoms with Crippen molar-refractivity contribution >= 4 is 6.29 Å². The molecule has 3 atom stereocenters. The molecule has 1 heterocycles. The first-order valence-electron chi connectivity index (χ1n) is 5.08. The van der Waals surface area contributed by atoms with Crippen molar-refractivity contribution in [2.75, 3.05) is 6.61 Å². The SMILES string of the molecule is C[C@@H]1CO[C@@H](c2ccccc2)O[C@H]1C=O. The summed E-state index contributed by atoms with van der Waals surface area (Å²) in [6.07, 6.45) is 0.0879. The number of benzene rings is 1. The fourth-order valence-electron chi connectivity index (χ4n) is 1.60. The molecule has 0 spiro atoms. The zero-order valence-electron chi connectivity index (χ0n) is 8.63. The minimum Gasteiger partial charge on any atom is -0.348 e. The lowest BCUT2D eigenvalue weighted by molar-refractivity contribution is -0.230. The predicted molar refractivity (Wildman–Crippen MR) is 55.2 cm³/mol. The lowest BCUT2D eigenvalue weighted by Crippen LogP contribution is -2.35. The van der Waals surface area contributed by atoms with Crippen LogP contribution in [0.5, 0.6) is 0 Å². The number of rotatable bonds is 2. The van der Waals surface area contributed by atoms with Gasteiger partial charge in [-0.05, 0) is 0 Å². The molecule has 1 aromatic rings. The highest BCUT2D eigenvalue weighted by Crippen LogP contribution is 2.27. The first kappa shape index (κ1) is 10.3. The van der Waals surface area contributed by atoms with Gasteiger partial charge in [0, 0.05) is 11.5 Å². The van der Waals surface area contributed by atoms with Crippen molar-refractivity contribution in [3.63, 3.8) is 0 Å². The first-order chi connectivity index (χ1) is 7.31. The van der Waals surface area contributed by atoms with Gasteiger partial charge in [0.05, 0.1) is 6.61 Å². The average Bonchev–Trinajstić information content (AvgIpc) is 2.31. The summed E-state index contributed by atoms with van der Waals surface area (Å²) in [5.41, 5.74) is 0.955. The van der Waals surface area contributed by atoms with Crippen LogP contribution in [0.15, 0.2) is 30.3 Å². The van der Waals surface area contributed by atoms with E-state index in [2.05, 4.69) is 0 Å². The van der Waals surface area contributed by atoms with Gasteiger partial charge in [-0.1, -0.05) is 37.3 Å². The topological polar surface area (TPSA) is 35.5 Å². The molecule has 1 aliphatic heterocycles. The molecule has 0 saturated carbocycles. The second-order valence-electron chi connectivity index (χ2n) is 3.79. The lowest BCUT2D eigenvalue weighted by atomic mass is 10.1. The van der Waals surface area contributed by atoms with Crippen molar-refractivity contribution in [3.8, 4) is 0 Å². The Labute approximate surface area is 89.0 Å².